The molecule has 0 N–H and O–H groups in total. The average molecular weight is 342 g/mol. The van der Waals surface area contributed by atoms with Crippen molar-refractivity contribution in [1.29, 1.82) is 0 Å². The van der Waals surface area contributed by atoms with Crippen LogP contribution >= 0.6 is 11.5 Å². The van der Waals surface area contributed by atoms with E-state index in [4.69, 9.17) is 0 Å². The predicted octanol–water partition coefficient (Wildman–Crippen LogP) is 2.62. The Morgan fingerprint density at radius 2 is 1.83 bits per heavy atom. The van der Waals surface area contributed by atoms with Gasteiger partial charge in [0.2, 0.25) is 11.0 Å². The average Bonchev–Trinajstić information content (AvgIpc) is 3.01. The first-order chi connectivity index (χ1) is 11.7. The van der Waals surface area contributed by atoms with Gasteiger partial charge in [0, 0.05) is 37.7 Å². The molecule has 0 spiro atoms. The highest BCUT2D eigenvalue weighted by molar-refractivity contribution is 7.09. The van der Waals surface area contributed by atoms with Gasteiger partial charge in [-0.05, 0) is 25.3 Å². The number of amides is 1. The van der Waals surface area contributed by atoms with Gasteiger partial charge >= 0.3 is 0 Å². The number of benzene rings is 1. The highest BCUT2D eigenvalue weighted by Crippen LogP contribution is 2.45. The van der Waals surface area contributed by atoms with E-state index in [-0.39, 0.29) is 5.41 Å². The molecule has 0 atom stereocenters. The minimum atomic E-state index is -0.275. The van der Waals surface area contributed by atoms with Crippen molar-refractivity contribution in [3.05, 3.63) is 41.7 Å². The van der Waals surface area contributed by atoms with Crippen molar-refractivity contribution >= 4 is 22.6 Å². The lowest BCUT2D eigenvalue weighted by atomic mass is 9.63. The van der Waals surface area contributed by atoms with Crippen LogP contribution in [0.5, 0.6) is 0 Å². The number of aryl methyl sites for hydroxylation is 1. The van der Waals surface area contributed by atoms with Crippen LogP contribution in [0.3, 0.4) is 0 Å². The second-order valence-corrected chi connectivity index (χ2v) is 7.44. The van der Waals surface area contributed by atoms with Gasteiger partial charge in [-0.25, -0.2) is 4.98 Å². The normalized spacial score (nSPS) is 19.9. The summed E-state index contributed by atoms with van der Waals surface area (Å²) in [5.41, 5.74) is 0.909. The van der Waals surface area contributed by atoms with E-state index in [0.717, 1.165) is 56.4 Å². The van der Waals surface area contributed by atoms with Crippen LogP contribution in [0.1, 0.15) is 30.7 Å². The van der Waals surface area contributed by atoms with E-state index >= 15 is 0 Å². The Morgan fingerprint density at radius 1 is 1.12 bits per heavy atom. The van der Waals surface area contributed by atoms with E-state index in [1.165, 1.54) is 17.1 Å². The van der Waals surface area contributed by atoms with Crippen molar-refractivity contribution in [2.45, 2.75) is 31.6 Å². The highest BCUT2D eigenvalue weighted by atomic mass is 32.1. The Bertz CT molecular complexity index is 718. The van der Waals surface area contributed by atoms with Gasteiger partial charge in [-0.3, -0.25) is 4.79 Å². The Labute approximate surface area is 146 Å². The molecule has 1 aromatic carbocycles. The van der Waals surface area contributed by atoms with Crippen LogP contribution in [0, 0.1) is 6.92 Å². The van der Waals surface area contributed by atoms with Gasteiger partial charge in [-0.1, -0.05) is 36.8 Å². The van der Waals surface area contributed by atoms with Crippen LogP contribution in [-0.2, 0) is 10.2 Å². The maximum absolute atomic E-state index is 13.2. The molecule has 24 heavy (non-hydrogen) atoms. The van der Waals surface area contributed by atoms with E-state index in [9.17, 15) is 4.79 Å². The van der Waals surface area contributed by atoms with E-state index in [0.29, 0.717) is 5.91 Å². The molecule has 1 aromatic heterocycles. The first kappa shape index (κ1) is 15.6. The van der Waals surface area contributed by atoms with Crippen LogP contribution in [0.15, 0.2) is 30.3 Å². The minimum absolute atomic E-state index is 0.275. The smallest absolute Gasteiger partial charge is 0.233 e. The number of hydrogen-bond donors (Lipinski definition) is 0. The molecule has 1 aliphatic carbocycles. The molecule has 1 saturated heterocycles. The van der Waals surface area contributed by atoms with Gasteiger partial charge in [0.1, 0.15) is 5.82 Å². The molecule has 1 amide bonds. The molecular weight excluding hydrogens is 320 g/mol. The summed E-state index contributed by atoms with van der Waals surface area (Å²) in [6, 6.07) is 10.3. The van der Waals surface area contributed by atoms with Crippen molar-refractivity contribution in [3.8, 4) is 0 Å². The van der Waals surface area contributed by atoms with Gasteiger partial charge in [0.25, 0.3) is 0 Å². The molecule has 5 nitrogen and oxygen atoms in total. The highest BCUT2D eigenvalue weighted by Gasteiger charge is 2.47. The third-order valence-corrected chi connectivity index (χ3v) is 6.17. The largest absolute Gasteiger partial charge is 0.343 e. The van der Waals surface area contributed by atoms with Crippen LogP contribution in [0.4, 0.5) is 5.13 Å². The zero-order chi connectivity index (χ0) is 16.6. The van der Waals surface area contributed by atoms with Crippen molar-refractivity contribution < 1.29 is 4.79 Å². The lowest BCUT2D eigenvalue weighted by Gasteiger charge is -2.46. The van der Waals surface area contributed by atoms with Crippen molar-refractivity contribution in [2.24, 2.45) is 0 Å². The lowest BCUT2D eigenvalue weighted by Crippen LogP contribution is -2.56. The van der Waals surface area contributed by atoms with E-state index in [1.54, 1.807) is 0 Å². The second-order valence-electron chi connectivity index (χ2n) is 6.71. The summed E-state index contributed by atoms with van der Waals surface area (Å²) in [5, 5.41) is 0.973. The third kappa shape index (κ3) is 2.59. The Kier molecular flexibility index (Phi) is 4.00. The number of carbonyl (C=O) groups is 1. The number of anilines is 1. The lowest BCUT2D eigenvalue weighted by molar-refractivity contribution is -0.141. The third-order valence-electron chi connectivity index (χ3n) is 5.30. The van der Waals surface area contributed by atoms with Gasteiger partial charge < -0.3 is 9.80 Å². The number of rotatable bonds is 3. The summed E-state index contributed by atoms with van der Waals surface area (Å²) in [6.45, 7) is 5.13. The second kappa shape index (κ2) is 6.16. The molecule has 0 bridgehead atoms. The van der Waals surface area contributed by atoms with Gasteiger partial charge in [-0.2, -0.15) is 4.37 Å². The quantitative estimate of drug-likeness (QED) is 0.860. The topological polar surface area (TPSA) is 49.3 Å². The van der Waals surface area contributed by atoms with Crippen LogP contribution < -0.4 is 4.90 Å². The van der Waals surface area contributed by atoms with Crippen LogP contribution in [0.25, 0.3) is 0 Å². The zero-order valence-corrected chi connectivity index (χ0v) is 14.8. The monoisotopic (exact) mass is 342 g/mol. The molecule has 2 aliphatic rings. The van der Waals surface area contributed by atoms with E-state index in [1.807, 2.05) is 25.1 Å². The van der Waals surface area contributed by atoms with Crippen molar-refractivity contribution in [1.82, 2.24) is 14.3 Å². The number of carbonyl (C=O) groups excluding carboxylic acids is 1. The molecule has 126 valence electrons. The molecule has 0 radical (unpaired) electrons. The number of piperazine rings is 1. The van der Waals surface area contributed by atoms with Crippen LogP contribution in [-0.4, -0.2) is 46.3 Å². The fourth-order valence-corrected chi connectivity index (χ4v) is 4.46. The molecule has 2 fully saturated rings. The van der Waals surface area contributed by atoms with E-state index < -0.39 is 0 Å². The molecule has 1 aliphatic heterocycles. The summed E-state index contributed by atoms with van der Waals surface area (Å²) in [5.74, 6) is 1.14. The summed E-state index contributed by atoms with van der Waals surface area (Å²) < 4.78 is 4.26. The fraction of sp³-hybridized carbons (Fsp3) is 0.500. The SMILES string of the molecule is Cc1nsc(N2CCN(C(=O)C3(c4ccccc4)CCC3)CC2)n1. The molecule has 2 heterocycles. The number of aromatic nitrogens is 2. The summed E-state index contributed by atoms with van der Waals surface area (Å²) in [4.78, 5) is 22.0. The summed E-state index contributed by atoms with van der Waals surface area (Å²) >= 11 is 1.45. The summed E-state index contributed by atoms with van der Waals surface area (Å²) in [7, 11) is 0. The molecule has 0 unspecified atom stereocenters. The van der Waals surface area contributed by atoms with Gasteiger partial charge in [0.15, 0.2) is 0 Å². The molecule has 1 saturated carbocycles. The number of hydrogen-bond acceptors (Lipinski definition) is 5. The molecule has 4 rings (SSSR count). The Hall–Kier alpha value is -1.95. The first-order valence-corrected chi connectivity index (χ1v) is 9.36. The predicted molar refractivity (Wildman–Crippen MR) is 95.4 cm³/mol. The molecule has 2 aromatic rings. The molecular formula is C18H22N4OS. The first-order valence-electron chi connectivity index (χ1n) is 8.59. The van der Waals surface area contributed by atoms with Crippen molar-refractivity contribution in [2.75, 3.05) is 31.1 Å². The Morgan fingerprint density at radius 3 is 2.38 bits per heavy atom. The van der Waals surface area contributed by atoms with Crippen LogP contribution in [0.2, 0.25) is 0 Å². The standard InChI is InChI=1S/C18H22N4OS/c1-14-19-17(24-20-14)22-12-10-21(11-13-22)16(23)18(8-5-9-18)15-6-3-2-4-7-15/h2-4,6-7H,5,8-13H2,1H3. The molecule has 6 heteroatoms. The van der Waals surface area contributed by atoms with Crippen molar-refractivity contribution in [3.63, 3.8) is 0 Å². The number of nitrogens with zero attached hydrogens (tertiary/aromatic N) is 4. The maximum Gasteiger partial charge on any atom is 0.233 e. The Balaban J connectivity index is 1.46. The van der Waals surface area contributed by atoms with Gasteiger partial charge in [-0.15, -0.1) is 0 Å². The minimum Gasteiger partial charge on any atom is -0.343 e. The van der Waals surface area contributed by atoms with E-state index in [2.05, 4.69) is 31.3 Å². The maximum atomic E-state index is 13.2. The summed E-state index contributed by atoms with van der Waals surface area (Å²) in [6.07, 6.45) is 3.10. The fourth-order valence-electron chi connectivity index (χ4n) is 3.73. The van der Waals surface area contributed by atoms with Gasteiger partial charge in [0.05, 0.1) is 5.41 Å². The zero-order valence-electron chi connectivity index (χ0n) is 13.9.